The fourth-order valence-electron chi connectivity index (χ4n) is 2.29. The lowest BCUT2D eigenvalue weighted by molar-refractivity contribution is 0.102. The van der Waals surface area contributed by atoms with E-state index >= 15 is 0 Å². The van der Waals surface area contributed by atoms with Crippen molar-refractivity contribution in [1.29, 1.82) is 0 Å². The third-order valence-corrected chi connectivity index (χ3v) is 5.59. The zero-order chi connectivity index (χ0) is 19.3. The number of hydrogen-bond acceptors (Lipinski definition) is 5. The van der Waals surface area contributed by atoms with Crippen LogP contribution in [0.15, 0.2) is 53.4 Å². The van der Waals surface area contributed by atoms with E-state index in [9.17, 15) is 18.0 Å². The maximum atomic E-state index is 12.5. The summed E-state index contributed by atoms with van der Waals surface area (Å²) in [6, 6.07) is 12.6. The predicted molar refractivity (Wildman–Crippen MR) is 99.4 cm³/mol. The van der Waals surface area contributed by atoms with Crippen molar-refractivity contribution in [3.05, 3.63) is 54.1 Å². The van der Waals surface area contributed by atoms with E-state index in [0.717, 1.165) is 0 Å². The van der Waals surface area contributed by atoms with E-state index in [0.29, 0.717) is 11.4 Å². The minimum absolute atomic E-state index is 0.00189. The Bertz CT molecular complexity index is 907. The molecular formula is C18H20N2O5S. The van der Waals surface area contributed by atoms with Crippen LogP contribution >= 0.6 is 0 Å². The second-order valence-electron chi connectivity index (χ2n) is 5.43. The minimum atomic E-state index is -3.52. The molecule has 0 aliphatic rings. The fraction of sp³-hybridized carbons (Fsp3) is 0.222. The molecule has 8 heteroatoms. The summed E-state index contributed by atoms with van der Waals surface area (Å²) < 4.78 is 29.0. The lowest BCUT2D eigenvalue weighted by Gasteiger charge is -2.16. The maximum absolute atomic E-state index is 12.5. The lowest BCUT2D eigenvalue weighted by atomic mass is 10.2. The van der Waals surface area contributed by atoms with Gasteiger partial charge in [-0.2, -0.15) is 0 Å². The number of anilines is 2. The largest absolute Gasteiger partial charge is 0.452 e. The van der Waals surface area contributed by atoms with Crippen LogP contribution < -0.4 is 10.2 Å². The first-order valence-corrected chi connectivity index (χ1v) is 9.50. The summed E-state index contributed by atoms with van der Waals surface area (Å²) in [6.07, 6.45) is -0.513. The first kappa shape index (κ1) is 19.5. The molecule has 2 amide bonds. The Morgan fingerprint density at radius 2 is 1.69 bits per heavy atom. The quantitative estimate of drug-likeness (QED) is 0.866. The van der Waals surface area contributed by atoms with Gasteiger partial charge in [-0.15, -0.1) is 0 Å². The van der Waals surface area contributed by atoms with E-state index in [4.69, 9.17) is 0 Å². The second-order valence-corrected chi connectivity index (χ2v) is 7.68. The molecule has 138 valence electrons. The third-order valence-electron chi connectivity index (χ3n) is 3.81. The Labute approximate surface area is 152 Å². The number of methoxy groups -OCH3 is 1. The normalized spacial score (nSPS) is 10.9. The summed E-state index contributed by atoms with van der Waals surface area (Å²) >= 11 is 0. The van der Waals surface area contributed by atoms with Crippen molar-refractivity contribution in [3.63, 3.8) is 0 Å². The Hall–Kier alpha value is -2.87. The number of nitrogens with one attached hydrogen (secondary N) is 1. The molecule has 2 rings (SSSR count). The molecule has 0 radical (unpaired) electrons. The van der Waals surface area contributed by atoms with Crippen molar-refractivity contribution < 1.29 is 22.7 Å². The fourth-order valence-corrected chi connectivity index (χ4v) is 3.38. The Kier molecular flexibility index (Phi) is 5.99. The zero-order valence-corrected chi connectivity index (χ0v) is 15.5. The molecule has 0 atom stereocenters. The molecule has 0 aliphatic carbocycles. The molecule has 2 aromatic rings. The first-order valence-electron chi connectivity index (χ1n) is 7.85. The van der Waals surface area contributed by atoms with E-state index < -0.39 is 21.8 Å². The molecule has 0 fully saturated rings. The Balaban J connectivity index is 2.23. The first-order chi connectivity index (χ1) is 12.3. The van der Waals surface area contributed by atoms with E-state index in [1.807, 2.05) is 0 Å². The molecule has 0 aromatic heterocycles. The average molecular weight is 376 g/mol. The highest BCUT2D eigenvalue weighted by Crippen LogP contribution is 2.21. The van der Waals surface area contributed by atoms with Gasteiger partial charge in [-0.25, -0.2) is 13.2 Å². The summed E-state index contributed by atoms with van der Waals surface area (Å²) in [6.45, 7) is 1.53. The summed E-state index contributed by atoms with van der Waals surface area (Å²) in [4.78, 5) is 25.3. The van der Waals surface area contributed by atoms with Crippen LogP contribution in [0.3, 0.4) is 0 Å². The van der Waals surface area contributed by atoms with E-state index in [2.05, 4.69) is 10.1 Å². The van der Waals surface area contributed by atoms with Crippen LogP contribution in [0.4, 0.5) is 16.2 Å². The summed E-state index contributed by atoms with van der Waals surface area (Å²) in [7, 11) is -0.668. The molecule has 0 aliphatic heterocycles. The van der Waals surface area contributed by atoms with Crippen molar-refractivity contribution in [2.75, 3.05) is 30.1 Å². The molecule has 7 nitrogen and oxygen atoms in total. The van der Waals surface area contributed by atoms with Crippen molar-refractivity contribution in [3.8, 4) is 0 Å². The molecule has 0 unspecified atom stereocenters. The number of rotatable bonds is 5. The lowest BCUT2D eigenvalue weighted by Crippen LogP contribution is -2.25. The van der Waals surface area contributed by atoms with Crippen LogP contribution in [0.25, 0.3) is 0 Å². The van der Waals surface area contributed by atoms with Gasteiger partial charge in [0.25, 0.3) is 5.91 Å². The number of benzene rings is 2. The molecule has 0 saturated heterocycles. The van der Waals surface area contributed by atoms with Crippen molar-refractivity contribution in [2.24, 2.45) is 0 Å². The molecule has 26 heavy (non-hydrogen) atoms. The van der Waals surface area contributed by atoms with Gasteiger partial charge in [-0.05, 0) is 36.4 Å². The van der Waals surface area contributed by atoms with Gasteiger partial charge in [-0.3, -0.25) is 9.69 Å². The van der Waals surface area contributed by atoms with Gasteiger partial charge in [-0.1, -0.05) is 19.1 Å². The Morgan fingerprint density at radius 3 is 2.27 bits per heavy atom. The standard InChI is InChI=1S/C18H20N2O5S/c1-4-26(23,24)16-8-6-5-7-15(16)17(21)19-13-9-11-14(12-10-13)20(2)18(22)25-3/h5-12H,4H2,1-3H3,(H,19,21). The highest BCUT2D eigenvalue weighted by Gasteiger charge is 2.20. The van der Waals surface area contributed by atoms with Gasteiger partial charge in [0.1, 0.15) is 0 Å². The van der Waals surface area contributed by atoms with Gasteiger partial charge < -0.3 is 10.1 Å². The monoisotopic (exact) mass is 376 g/mol. The van der Waals surface area contributed by atoms with Gasteiger partial charge in [0.15, 0.2) is 9.84 Å². The molecule has 0 saturated carbocycles. The van der Waals surface area contributed by atoms with Gasteiger partial charge in [0.05, 0.1) is 23.3 Å². The SMILES string of the molecule is CCS(=O)(=O)c1ccccc1C(=O)Nc1ccc(N(C)C(=O)OC)cc1. The van der Waals surface area contributed by atoms with E-state index in [1.54, 1.807) is 43.4 Å². The van der Waals surface area contributed by atoms with Crippen LogP contribution in [0.2, 0.25) is 0 Å². The van der Waals surface area contributed by atoms with Crippen molar-refractivity contribution >= 4 is 33.2 Å². The number of carbonyl (C=O) groups is 2. The molecule has 2 aromatic carbocycles. The predicted octanol–water partition coefficient (Wildman–Crippen LogP) is 2.94. The van der Waals surface area contributed by atoms with Crippen LogP contribution in [-0.4, -0.2) is 40.3 Å². The number of carbonyl (C=O) groups excluding carboxylic acids is 2. The molecular weight excluding hydrogens is 356 g/mol. The van der Waals surface area contributed by atoms with E-state index in [1.165, 1.54) is 31.1 Å². The molecule has 1 N–H and O–H groups in total. The van der Waals surface area contributed by atoms with Crippen LogP contribution in [0.1, 0.15) is 17.3 Å². The third kappa shape index (κ3) is 4.20. The molecule has 0 heterocycles. The summed E-state index contributed by atoms with van der Waals surface area (Å²) in [5, 5.41) is 2.67. The van der Waals surface area contributed by atoms with Crippen molar-refractivity contribution in [2.45, 2.75) is 11.8 Å². The minimum Gasteiger partial charge on any atom is -0.452 e. The topological polar surface area (TPSA) is 92.8 Å². The summed E-state index contributed by atoms with van der Waals surface area (Å²) in [5.41, 5.74) is 1.15. The zero-order valence-electron chi connectivity index (χ0n) is 14.7. The van der Waals surface area contributed by atoms with E-state index in [-0.39, 0.29) is 16.2 Å². The molecule has 0 bridgehead atoms. The molecule has 0 spiro atoms. The number of hydrogen-bond donors (Lipinski definition) is 1. The van der Waals surface area contributed by atoms with Crippen molar-refractivity contribution in [1.82, 2.24) is 0 Å². The highest BCUT2D eigenvalue weighted by atomic mass is 32.2. The Morgan fingerprint density at radius 1 is 1.08 bits per heavy atom. The number of ether oxygens (including phenoxy) is 1. The van der Waals surface area contributed by atoms with Gasteiger partial charge >= 0.3 is 6.09 Å². The smallest absolute Gasteiger partial charge is 0.413 e. The average Bonchev–Trinajstić information content (AvgIpc) is 2.67. The number of amides is 2. The summed E-state index contributed by atoms with van der Waals surface area (Å²) in [5.74, 6) is -0.613. The maximum Gasteiger partial charge on any atom is 0.413 e. The number of sulfone groups is 1. The van der Waals surface area contributed by atoms with Gasteiger partial charge in [0.2, 0.25) is 0 Å². The van der Waals surface area contributed by atoms with Crippen LogP contribution in [0.5, 0.6) is 0 Å². The van der Waals surface area contributed by atoms with Gasteiger partial charge in [0, 0.05) is 18.4 Å². The van der Waals surface area contributed by atoms with Crippen LogP contribution in [-0.2, 0) is 14.6 Å². The van der Waals surface area contributed by atoms with Crippen LogP contribution in [0, 0.1) is 0 Å². The number of nitrogens with zero attached hydrogens (tertiary/aromatic N) is 1. The highest BCUT2D eigenvalue weighted by molar-refractivity contribution is 7.91. The second kappa shape index (κ2) is 8.01.